The molecule has 1 aliphatic heterocycles. The van der Waals surface area contributed by atoms with Crippen LogP contribution < -0.4 is 0 Å². The SMILES string of the molecule is CCS1(C(C)C)c2c(cccc2C(C)(C)C)-c2cccc(C(C)(C)C)c21. The van der Waals surface area contributed by atoms with Crippen LogP contribution in [0.1, 0.15) is 73.4 Å². The highest BCUT2D eigenvalue weighted by atomic mass is 32.3. The second-order valence-corrected chi connectivity index (χ2v) is 13.9. The molecule has 1 aliphatic rings. The van der Waals surface area contributed by atoms with Gasteiger partial charge in [0.1, 0.15) is 0 Å². The number of fused-ring (bicyclic) bond motifs is 3. The summed E-state index contributed by atoms with van der Waals surface area (Å²) in [5, 5.41) is 0.638. The van der Waals surface area contributed by atoms with Crippen molar-refractivity contribution in [2.75, 3.05) is 5.75 Å². The fourth-order valence-corrected chi connectivity index (χ4v) is 9.72. The van der Waals surface area contributed by atoms with Crippen molar-refractivity contribution >= 4 is 10.0 Å². The second-order valence-electron chi connectivity index (χ2n) is 10.00. The predicted molar refractivity (Wildman–Crippen MR) is 119 cm³/mol. The first kappa shape index (κ1) is 19.5. The van der Waals surface area contributed by atoms with Crippen molar-refractivity contribution in [1.29, 1.82) is 0 Å². The summed E-state index contributed by atoms with van der Waals surface area (Å²) in [7, 11) is -1.06. The Hall–Kier alpha value is -1.21. The van der Waals surface area contributed by atoms with Crippen LogP contribution in [-0.4, -0.2) is 11.0 Å². The van der Waals surface area contributed by atoms with Crippen LogP contribution >= 0.6 is 10.0 Å². The Morgan fingerprint density at radius 3 is 1.38 bits per heavy atom. The Kier molecular flexibility index (Phi) is 4.63. The van der Waals surface area contributed by atoms with Crippen LogP contribution in [0, 0.1) is 0 Å². The largest absolute Gasteiger partial charge is 0.184 e. The van der Waals surface area contributed by atoms with Crippen LogP contribution in [0.4, 0.5) is 0 Å². The van der Waals surface area contributed by atoms with E-state index in [1.165, 1.54) is 16.9 Å². The van der Waals surface area contributed by atoms with Gasteiger partial charge in [0.05, 0.1) is 0 Å². The third kappa shape index (κ3) is 2.66. The van der Waals surface area contributed by atoms with Crippen molar-refractivity contribution in [1.82, 2.24) is 0 Å². The zero-order valence-corrected chi connectivity index (χ0v) is 19.0. The lowest BCUT2D eigenvalue weighted by molar-refractivity contribution is 0.576. The van der Waals surface area contributed by atoms with E-state index in [0.29, 0.717) is 5.25 Å². The van der Waals surface area contributed by atoms with Gasteiger partial charge in [-0.05, 0) is 44.1 Å². The van der Waals surface area contributed by atoms with Gasteiger partial charge in [-0.1, -0.05) is 98.7 Å². The minimum absolute atomic E-state index is 0.164. The molecule has 0 N–H and O–H groups in total. The molecule has 2 aromatic carbocycles. The Bertz CT molecular complexity index is 765. The molecule has 0 spiro atoms. The fraction of sp³-hybridized carbons (Fsp3) is 0.520. The number of benzene rings is 2. The minimum atomic E-state index is -1.06. The summed E-state index contributed by atoms with van der Waals surface area (Å²) in [4.78, 5) is 3.36. The Morgan fingerprint density at radius 1 is 0.731 bits per heavy atom. The van der Waals surface area contributed by atoms with Crippen LogP contribution in [0.5, 0.6) is 0 Å². The van der Waals surface area contributed by atoms with Crippen molar-refractivity contribution in [3.63, 3.8) is 0 Å². The molecule has 0 nitrogen and oxygen atoms in total. The molecule has 2 aromatic rings. The van der Waals surface area contributed by atoms with Gasteiger partial charge in [-0.2, -0.15) is 10.0 Å². The molecule has 1 heteroatoms. The van der Waals surface area contributed by atoms with E-state index >= 15 is 0 Å². The number of hydrogen-bond acceptors (Lipinski definition) is 0. The van der Waals surface area contributed by atoms with Crippen LogP contribution in [-0.2, 0) is 10.8 Å². The molecule has 3 rings (SSSR count). The maximum Gasteiger partial charge on any atom is 0.00601 e. The monoisotopic (exact) mass is 368 g/mol. The summed E-state index contributed by atoms with van der Waals surface area (Å²) in [6.07, 6.45) is 0. The van der Waals surface area contributed by atoms with Gasteiger partial charge in [0, 0.05) is 9.79 Å². The lowest BCUT2D eigenvalue weighted by Gasteiger charge is -2.46. The maximum absolute atomic E-state index is 2.45. The average Bonchev–Trinajstić information content (AvgIpc) is 2.83. The van der Waals surface area contributed by atoms with E-state index in [0.717, 1.165) is 0 Å². The molecule has 0 aliphatic carbocycles. The average molecular weight is 369 g/mol. The first-order chi connectivity index (χ1) is 12.0. The Morgan fingerprint density at radius 2 is 1.12 bits per heavy atom. The molecule has 142 valence electrons. The van der Waals surface area contributed by atoms with Crippen LogP contribution in [0.15, 0.2) is 46.2 Å². The van der Waals surface area contributed by atoms with Crippen LogP contribution in [0.2, 0.25) is 0 Å². The molecule has 0 fully saturated rings. The van der Waals surface area contributed by atoms with Gasteiger partial charge in [-0.3, -0.25) is 0 Å². The quantitative estimate of drug-likeness (QED) is 0.505. The molecule has 0 bridgehead atoms. The third-order valence-corrected chi connectivity index (χ3v) is 10.8. The lowest BCUT2D eigenvalue weighted by atomic mass is 9.83. The molecule has 0 atom stereocenters. The molecule has 0 saturated heterocycles. The van der Waals surface area contributed by atoms with E-state index in [9.17, 15) is 0 Å². The molecular weight excluding hydrogens is 332 g/mol. The van der Waals surface area contributed by atoms with Gasteiger partial charge in [0.2, 0.25) is 0 Å². The standard InChI is InChI=1S/C25H36S/c1-10-26(17(2)3)22-18(13-11-15-20(22)24(4,5)6)19-14-12-16-21(23(19)26)25(7,8)9/h11-17H,10H2,1-9H3. The van der Waals surface area contributed by atoms with Crippen molar-refractivity contribution < 1.29 is 0 Å². The van der Waals surface area contributed by atoms with E-state index in [4.69, 9.17) is 0 Å². The van der Waals surface area contributed by atoms with E-state index in [1.54, 1.807) is 20.9 Å². The van der Waals surface area contributed by atoms with E-state index in [-0.39, 0.29) is 10.8 Å². The minimum Gasteiger partial charge on any atom is -0.184 e. The molecule has 1 heterocycles. The Balaban J connectivity index is 2.52. The van der Waals surface area contributed by atoms with Crippen LogP contribution in [0.3, 0.4) is 0 Å². The van der Waals surface area contributed by atoms with Gasteiger partial charge >= 0.3 is 0 Å². The predicted octanol–water partition coefficient (Wildman–Crippen LogP) is 7.91. The van der Waals surface area contributed by atoms with E-state index in [2.05, 4.69) is 98.7 Å². The van der Waals surface area contributed by atoms with Gasteiger partial charge in [-0.15, -0.1) is 0 Å². The van der Waals surface area contributed by atoms with Gasteiger partial charge < -0.3 is 0 Å². The highest BCUT2D eigenvalue weighted by Gasteiger charge is 2.45. The van der Waals surface area contributed by atoms with Crippen LogP contribution in [0.25, 0.3) is 11.1 Å². The Labute approximate surface area is 162 Å². The summed E-state index contributed by atoms with van der Waals surface area (Å²) >= 11 is 0. The molecule has 0 unspecified atom stereocenters. The topological polar surface area (TPSA) is 0 Å². The molecular formula is C25H36S. The highest BCUT2D eigenvalue weighted by molar-refractivity contribution is 8.34. The van der Waals surface area contributed by atoms with Gasteiger partial charge in [0.15, 0.2) is 0 Å². The second kappa shape index (κ2) is 6.16. The normalized spacial score (nSPS) is 17.2. The fourth-order valence-electron chi connectivity index (χ4n) is 4.66. The number of hydrogen-bond donors (Lipinski definition) is 0. The zero-order valence-electron chi connectivity index (χ0n) is 18.2. The third-order valence-electron chi connectivity index (χ3n) is 5.92. The molecule has 0 radical (unpaired) electrons. The highest BCUT2D eigenvalue weighted by Crippen LogP contribution is 2.76. The first-order valence-corrected chi connectivity index (χ1v) is 11.9. The molecule has 0 amide bonds. The molecule has 0 aromatic heterocycles. The number of rotatable bonds is 2. The smallest absolute Gasteiger partial charge is 0.00601 e. The van der Waals surface area contributed by atoms with Gasteiger partial charge in [-0.25, -0.2) is 0 Å². The maximum atomic E-state index is 2.45. The van der Waals surface area contributed by atoms with E-state index in [1.807, 2.05) is 0 Å². The molecule has 0 saturated carbocycles. The van der Waals surface area contributed by atoms with E-state index < -0.39 is 10.0 Å². The van der Waals surface area contributed by atoms with Crippen molar-refractivity contribution in [3.8, 4) is 11.1 Å². The first-order valence-electron chi connectivity index (χ1n) is 10.0. The zero-order chi connectivity index (χ0) is 19.5. The summed E-state index contributed by atoms with van der Waals surface area (Å²) in [6.45, 7) is 21.6. The van der Waals surface area contributed by atoms with Gasteiger partial charge in [0.25, 0.3) is 0 Å². The summed E-state index contributed by atoms with van der Waals surface area (Å²) in [6, 6.07) is 14.1. The van der Waals surface area contributed by atoms with Crippen molar-refractivity contribution in [2.45, 2.75) is 88.2 Å². The van der Waals surface area contributed by atoms with Crippen molar-refractivity contribution in [2.24, 2.45) is 0 Å². The summed E-state index contributed by atoms with van der Waals surface area (Å²) in [5.74, 6) is 1.23. The summed E-state index contributed by atoms with van der Waals surface area (Å²) < 4.78 is 0. The summed E-state index contributed by atoms with van der Waals surface area (Å²) in [5.41, 5.74) is 6.44. The lowest BCUT2D eigenvalue weighted by Crippen LogP contribution is -2.22. The molecule has 26 heavy (non-hydrogen) atoms. The van der Waals surface area contributed by atoms with Crippen molar-refractivity contribution in [3.05, 3.63) is 47.5 Å².